The molecule has 0 fully saturated rings. The molecule has 0 amide bonds. The first-order chi connectivity index (χ1) is 8.89. The van der Waals surface area contributed by atoms with Gasteiger partial charge in [-0.1, -0.05) is 6.92 Å². The van der Waals surface area contributed by atoms with E-state index in [-0.39, 0.29) is 5.60 Å². The van der Waals surface area contributed by atoms with E-state index in [1.54, 1.807) is 0 Å². The van der Waals surface area contributed by atoms with Crippen LogP contribution in [0.5, 0.6) is 0 Å². The van der Waals surface area contributed by atoms with Gasteiger partial charge < -0.3 is 14.3 Å². The number of hydrogen-bond acceptors (Lipinski definition) is 2. The van der Waals surface area contributed by atoms with E-state index in [0.717, 1.165) is 43.2 Å². The molecule has 0 saturated carbocycles. The number of quaternary nitrogens is 1. The number of aliphatic hydroxyl groups is 1. The molecule has 0 rings (SSSR count). The first-order valence-corrected chi connectivity index (χ1v) is 7.94. The van der Waals surface area contributed by atoms with Crippen molar-refractivity contribution in [2.45, 2.75) is 64.4 Å². The lowest BCUT2D eigenvalue weighted by atomic mass is 9.88. The summed E-state index contributed by atoms with van der Waals surface area (Å²) < 4.78 is 7.11. The van der Waals surface area contributed by atoms with Crippen molar-refractivity contribution in [1.82, 2.24) is 0 Å². The van der Waals surface area contributed by atoms with Crippen LogP contribution in [-0.4, -0.2) is 56.1 Å². The molecule has 0 bridgehead atoms. The summed E-state index contributed by atoms with van der Waals surface area (Å²) in [6, 6.07) is 0. The van der Waals surface area contributed by atoms with Crippen LogP contribution in [0.1, 0.15) is 58.8 Å². The van der Waals surface area contributed by atoms with Gasteiger partial charge in [0.15, 0.2) is 0 Å². The van der Waals surface area contributed by atoms with Crippen molar-refractivity contribution in [3.63, 3.8) is 0 Å². The van der Waals surface area contributed by atoms with Crippen LogP contribution in [0.25, 0.3) is 0 Å². The molecule has 0 radical (unpaired) electrons. The zero-order valence-electron chi connectivity index (χ0n) is 13.9. The maximum Gasteiger partial charge on any atom is 0.0780 e. The van der Waals surface area contributed by atoms with Crippen molar-refractivity contribution in [3.05, 3.63) is 0 Å². The molecule has 0 aliphatic rings. The second-order valence-electron chi connectivity index (χ2n) is 6.62. The summed E-state index contributed by atoms with van der Waals surface area (Å²) in [5, 5.41) is 8.93. The Labute approximate surface area is 120 Å². The van der Waals surface area contributed by atoms with Crippen LogP contribution >= 0.6 is 0 Å². The Morgan fingerprint density at radius 1 is 0.947 bits per heavy atom. The van der Waals surface area contributed by atoms with Crippen LogP contribution in [0.3, 0.4) is 0 Å². The Morgan fingerprint density at radius 3 is 1.95 bits per heavy atom. The minimum Gasteiger partial charge on any atom is -0.396 e. The van der Waals surface area contributed by atoms with Gasteiger partial charge in [-0.3, -0.25) is 0 Å². The van der Waals surface area contributed by atoms with Crippen LogP contribution in [-0.2, 0) is 4.74 Å². The Balaban J connectivity index is 4.17. The van der Waals surface area contributed by atoms with Crippen LogP contribution in [0.2, 0.25) is 0 Å². The Kier molecular flexibility index (Phi) is 9.67. The fraction of sp³-hybridized carbons (Fsp3) is 1.00. The maximum atomic E-state index is 8.93. The number of ether oxygens (including phenoxy) is 1. The fourth-order valence-corrected chi connectivity index (χ4v) is 2.62. The van der Waals surface area contributed by atoms with Gasteiger partial charge >= 0.3 is 0 Å². The highest BCUT2D eigenvalue weighted by molar-refractivity contribution is 4.79. The molecule has 0 aromatic carbocycles. The molecule has 19 heavy (non-hydrogen) atoms. The number of unbranched alkanes of at least 4 members (excludes halogenated alkanes) is 2. The Hall–Kier alpha value is -0.120. The van der Waals surface area contributed by atoms with E-state index in [1.807, 2.05) is 0 Å². The van der Waals surface area contributed by atoms with Crippen molar-refractivity contribution < 1.29 is 14.3 Å². The largest absolute Gasteiger partial charge is 0.396 e. The first-order valence-electron chi connectivity index (χ1n) is 7.94. The van der Waals surface area contributed by atoms with Gasteiger partial charge in [-0.2, -0.15) is 0 Å². The molecule has 0 spiro atoms. The highest BCUT2D eigenvalue weighted by atomic mass is 16.5. The van der Waals surface area contributed by atoms with Crippen molar-refractivity contribution in [1.29, 1.82) is 0 Å². The predicted molar refractivity (Wildman–Crippen MR) is 82.3 cm³/mol. The van der Waals surface area contributed by atoms with Gasteiger partial charge in [-0.25, -0.2) is 0 Å². The number of hydrogen-bond donors (Lipinski definition) is 1. The third-order valence-electron chi connectivity index (χ3n) is 3.85. The average Bonchev–Trinajstić information content (AvgIpc) is 2.33. The topological polar surface area (TPSA) is 29.5 Å². The van der Waals surface area contributed by atoms with Gasteiger partial charge in [0.2, 0.25) is 0 Å². The second-order valence-corrected chi connectivity index (χ2v) is 6.62. The smallest absolute Gasteiger partial charge is 0.0780 e. The lowest BCUT2D eigenvalue weighted by Gasteiger charge is -2.33. The molecule has 1 N–H and O–H groups in total. The molecule has 116 valence electrons. The zero-order valence-corrected chi connectivity index (χ0v) is 13.9. The SMILES string of the molecule is CCOC(CC)(CCCCO)CCCC[N+](C)(C)C. The van der Waals surface area contributed by atoms with Crippen LogP contribution < -0.4 is 0 Å². The fourth-order valence-electron chi connectivity index (χ4n) is 2.62. The van der Waals surface area contributed by atoms with Gasteiger partial charge in [-0.05, 0) is 51.9 Å². The van der Waals surface area contributed by atoms with Gasteiger partial charge in [0, 0.05) is 13.2 Å². The molecule has 0 aromatic rings. The predicted octanol–water partition coefficient (Wildman–Crippen LogP) is 3.21. The van der Waals surface area contributed by atoms with Crippen molar-refractivity contribution >= 4 is 0 Å². The van der Waals surface area contributed by atoms with Crippen molar-refractivity contribution in [2.24, 2.45) is 0 Å². The summed E-state index contributed by atoms with van der Waals surface area (Å²) in [4.78, 5) is 0. The molecule has 0 aliphatic heterocycles. The monoisotopic (exact) mass is 274 g/mol. The summed E-state index contributed by atoms with van der Waals surface area (Å²) in [6.07, 6.45) is 7.79. The minimum absolute atomic E-state index is 0.0504. The van der Waals surface area contributed by atoms with E-state index in [9.17, 15) is 0 Å². The summed E-state index contributed by atoms with van der Waals surface area (Å²) in [5.74, 6) is 0. The molecule has 1 atom stereocenters. The molecule has 0 saturated heterocycles. The van der Waals surface area contributed by atoms with Crippen LogP contribution in [0.15, 0.2) is 0 Å². The third kappa shape index (κ3) is 9.42. The first kappa shape index (κ1) is 18.9. The van der Waals surface area contributed by atoms with E-state index >= 15 is 0 Å². The minimum atomic E-state index is 0.0504. The summed E-state index contributed by atoms with van der Waals surface area (Å²) in [7, 11) is 6.74. The van der Waals surface area contributed by atoms with Gasteiger partial charge in [0.05, 0.1) is 33.3 Å². The van der Waals surface area contributed by atoms with E-state index in [4.69, 9.17) is 9.84 Å². The number of rotatable bonds is 12. The maximum absolute atomic E-state index is 8.93. The second kappa shape index (κ2) is 9.73. The van der Waals surface area contributed by atoms with E-state index < -0.39 is 0 Å². The van der Waals surface area contributed by atoms with Gasteiger partial charge in [-0.15, -0.1) is 0 Å². The summed E-state index contributed by atoms with van der Waals surface area (Å²) >= 11 is 0. The number of nitrogens with zero attached hydrogens (tertiary/aromatic N) is 1. The molecule has 3 nitrogen and oxygen atoms in total. The molecule has 0 aromatic heterocycles. The Bertz CT molecular complexity index is 213. The lowest BCUT2D eigenvalue weighted by Crippen LogP contribution is -2.36. The standard InChI is InChI=1S/C16H36NO2/c1-6-16(19-7-2,13-9-11-15-18)12-8-10-14-17(3,4)5/h18H,6-15H2,1-5H3/q+1. The van der Waals surface area contributed by atoms with E-state index in [2.05, 4.69) is 35.0 Å². The normalized spacial score (nSPS) is 15.5. The van der Waals surface area contributed by atoms with E-state index in [1.165, 1.54) is 19.4 Å². The lowest BCUT2D eigenvalue weighted by molar-refractivity contribution is -0.870. The highest BCUT2D eigenvalue weighted by Crippen LogP contribution is 2.29. The van der Waals surface area contributed by atoms with Gasteiger partial charge in [0.25, 0.3) is 0 Å². The third-order valence-corrected chi connectivity index (χ3v) is 3.85. The number of aliphatic hydroxyl groups excluding tert-OH is 1. The highest BCUT2D eigenvalue weighted by Gasteiger charge is 2.27. The molecule has 0 heterocycles. The molecular formula is C16H36NO2+. The van der Waals surface area contributed by atoms with Crippen LogP contribution in [0.4, 0.5) is 0 Å². The molecule has 3 heteroatoms. The zero-order chi connectivity index (χ0) is 14.8. The molecular weight excluding hydrogens is 238 g/mol. The average molecular weight is 274 g/mol. The van der Waals surface area contributed by atoms with E-state index in [0.29, 0.717) is 6.61 Å². The molecule has 1 unspecified atom stereocenters. The van der Waals surface area contributed by atoms with Crippen molar-refractivity contribution in [2.75, 3.05) is 40.9 Å². The van der Waals surface area contributed by atoms with Crippen molar-refractivity contribution in [3.8, 4) is 0 Å². The Morgan fingerprint density at radius 2 is 1.53 bits per heavy atom. The quantitative estimate of drug-likeness (QED) is 0.437. The summed E-state index contributed by atoms with van der Waals surface area (Å²) in [6.45, 7) is 6.63. The summed E-state index contributed by atoms with van der Waals surface area (Å²) in [5.41, 5.74) is 0.0504. The molecule has 0 aliphatic carbocycles. The van der Waals surface area contributed by atoms with Crippen LogP contribution in [0, 0.1) is 0 Å². The van der Waals surface area contributed by atoms with Gasteiger partial charge in [0.1, 0.15) is 0 Å².